The highest BCUT2D eigenvalue weighted by atomic mass is 16.7. The van der Waals surface area contributed by atoms with E-state index in [1.165, 1.54) is 6.92 Å². The first-order chi connectivity index (χ1) is 14.5. The third-order valence-corrected chi connectivity index (χ3v) is 4.35. The summed E-state index contributed by atoms with van der Waals surface area (Å²) in [6.45, 7) is 3.34. The maximum atomic E-state index is 12.3. The van der Waals surface area contributed by atoms with Gasteiger partial charge in [-0.05, 0) is 31.2 Å². The second-order valence-electron chi connectivity index (χ2n) is 6.70. The van der Waals surface area contributed by atoms with Gasteiger partial charge in [0.2, 0.25) is 12.6 Å². The van der Waals surface area contributed by atoms with Crippen molar-refractivity contribution in [3.05, 3.63) is 48.0 Å². The van der Waals surface area contributed by atoms with Gasteiger partial charge in [-0.1, -0.05) is 29.8 Å². The van der Waals surface area contributed by atoms with E-state index >= 15 is 0 Å². The van der Waals surface area contributed by atoms with Gasteiger partial charge in [0, 0.05) is 17.3 Å². The lowest BCUT2D eigenvalue weighted by atomic mass is 10.1. The molecule has 4 rings (SSSR count). The molecule has 10 nitrogen and oxygen atoms in total. The Balaban J connectivity index is 1.31. The Bertz CT molecular complexity index is 1080. The predicted molar refractivity (Wildman–Crippen MR) is 105 cm³/mol. The topological polar surface area (TPSA) is 117 Å². The van der Waals surface area contributed by atoms with E-state index in [1.54, 1.807) is 18.2 Å². The Hall–Kier alpha value is -3.95. The van der Waals surface area contributed by atoms with Gasteiger partial charge in [0.05, 0.1) is 0 Å². The zero-order chi connectivity index (χ0) is 21.1. The van der Waals surface area contributed by atoms with Gasteiger partial charge >= 0.3 is 5.97 Å². The van der Waals surface area contributed by atoms with Crippen LogP contribution >= 0.6 is 0 Å². The molecular formula is C20H19N5O5. The summed E-state index contributed by atoms with van der Waals surface area (Å²) in [5.41, 5.74) is 2.41. The molecule has 10 heteroatoms. The zero-order valence-corrected chi connectivity index (χ0v) is 16.4. The van der Waals surface area contributed by atoms with Crippen molar-refractivity contribution in [3.63, 3.8) is 0 Å². The number of carbonyl (C=O) groups is 2. The Morgan fingerprint density at radius 3 is 2.73 bits per heavy atom. The van der Waals surface area contributed by atoms with E-state index in [9.17, 15) is 9.59 Å². The highest BCUT2D eigenvalue weighted by Gasteiger charge is 2.20. The standard InChI is InChI=1S/C20H19N5O5/c1-12-3-5-14(6-4-12)19-22-24-25(23-19)10-18(26)30-13(2)20(27)21-15-7-8-16-17(9-15)29-11-28-16/h3-9,13H,10-11H2,1-2H3,(H,21,27)/t13-/m0/s1. The number of benzene rings is 2. The second-order valence-corrected chi connectivity index (χ2v) is 6.70. The fourth-order valence-electron chi connectivity index (χ4n) is 2.75. The molecule has 0 spiro atoms. The average Bonchev–Trinajstić information content (AvgIpc) is 3.37. The number of fused-ring (bicyclic) bond motifs is 1. The quantitative estimate of drug-likeness (QED) is 0.614. The summed E-state index contributed by atoms with van der Waals surface area (Å²) in [6.07, 6.45) is -1.01. The van der Waals surface area contributed by atoms with Crippen molar-refractivity contribution in [3.8, 4) is 22.9 Å². The summed E-state index contributed by atoms with van der Waals surface area (Å²) >= 11 is 0. The molecule has 1 N–H and O–H groups in total. The molecule has 0 unspecified atom stereocenters. The van der Waals surface area contributed by atoms with E-state index in [2.05, 4.69) is 20.7 Å². The van der Waals surface area contributed by atoms with Gasteiger partial charge in [0.15, 0.2) is 24.1 Å². The SMILES string of the molecule is Cc1ccc(-c2nnn(CC(=O)O[C@@H](C)C(=O)Nc3ccc4c(c3)OCO4)n2)cc1. The van der Waals surface area contributed by atoms with Gasteiger partial charge in [0.25, 0.3) is 5.91 Å². The molecule has 3 aromatic rings. The van der Waals surface area contributed by atoms with Gasteiger partial charge in [-0.2, -0.15) is 4.80 Å². The van der Waals surface area contributed by atoms with Crippen LogP contribution in [0.25, 0.3) is 11.4 Å². The van der Waals surface area contributed by atoms with Gasteiger partial charge in [-0.3, -0.25) is 4.79 Å². The van der Waals surface area contributed by atoms with Gasteiger partial charge < -0.3 is 19.5 Å². The average molecular weight is 409 g/mol. The first-order valence-corrected chi connectivity index (χ1v) is 9.23. The Labute approximate surface area is 171 Å². The summed E-state index contributed by atoms with van der Waals surface area (Å²) in [4.78, 5) is 25.6. The number of anilines is 1. The highest BCUT2D eigenvalue weighted by Crippen LogP contribution is 2.34. The largest absolute Gasteiger partial charge is 0.454 e. The first kappa shape index (κ1) is 19.4. The number of rotatable bonds is 6. The third kappa shape index (κ3) is 4.37. The molecule has 0 bridgehead atoms. The zero-order valence-electron chi connectivity index (χ0n) is 16.4. The fraction of sp³-hybridized carbons (Fsp3) is 0.250. The Morgan fingerprint density at radius 2 is 1.93 bits per heavy atom. The van der Waals surface area contributed by atoms with E-state index in [4.69, 9.17) is 14.2 Å². The monoisotopic (exact) mass is 409 g/mol. The van der Waals surface area contributed by atoms with E-state index in [-0.39, 0.29) is 13.3 Å². The van der Waals surface area contributed by atoms with E-state index in [0.717, 1.165) is 15.9 Å². The number of carbonyl (C=O) groups excluding carboxylic acids is 2. The van der Waals surface area contributed by atoms with Crippen molar-refractivity contribution in [2.24, 2.45) is 0 Å². The molecule has 1 aliphatic heterocycles. The molecule has 2 heterocycles. The van der Waals surface area contributed by atoms with Crippen molar-refractivity contribution in [1.82, 2.24) is 20.2 Å². The summed E-state index contributed by atoms with van der Waals surface area (Å²) < 4.78 is 15.7. The van der Waals surface area contributed by atoms with Crippen LogP contribution in [0.1, 0.15) is 12.5 Å². The van der Waals surface area contributed by atoms with Crippen LogP contribution in [0.2, 0.25) is 0 Å². The predicted octanol–water partition coefficient (Wildman–Crippen LogP) is 1.95. The van der Waals surface area contributed by atoms with E-state index in [1.807, 2.05) is 31.2 Å². The molecule has 1 aromatic heterocycles. The minimum absolute atomic E-state index is 0.142. The molecule has 0 saturated heterocycles. The summed E-state index contributed by atoms with van der Waals surface area (Å²) in [7, 11) is 0. The van der Waals surface area contributed by atoms with Crippen molar-refractivity contribution in [1.29, 1.82) is 0 Å². The van der Waals surface area contributed by atoms with Crippen LogP contribution < -0.4 is 14.8 Å². The molecule has 1 aliphatic rings. The lowest BCUT2D eigenvalue weighted by Gasteiger charge is -2.13. The molecule has 154 valence electrons. The van der Waals surface area contributed by atoms with Gasteiger partial charge in [-0.25, -0.2) is 4.79 Å². The smallest absolute Gasteiger partial charge is 0.330 e. The van der Waals surface area contributed by atoms with Crippen LogP contribution in [-0.4, -0.2) is 45.0 Å². The van der Waals surface area contributed by atoms with E-state index in [0.29, 0.717) is 23.0 Å². The van der Waals surface area contributed by atoms with E-state index < -0.39 is 18.0 Å². The van der Waals surface area contributed by atoms with Crippen LogP contribution in [0.4, 0.5) is 5.69 Å². The number of esters is 1. The van der Waals surface area contributed by atoms with Crippen molar-refractivity contribution in [2.45, 2.75) is 26.5 Å². The minimum atomic E-state index is -1.01. The molecule has 0 fully saturated rings. The summed E-state index contributed by atoms with van der Waals surface area (Å²) in [5, 5.41) is 14.6. The number of aromatic nitrogens is 4. The summed E-state index contributed by atoms with van der Waals surface area (Å²) in [5.74, 6) is 0.415. The van der Waals surface area contributed by atoms with Crippen LogP contribution in [0.3, 0.4) is 0 Å². The Kier molecular flexibility index (Phi) is 5.29. The molecule has 1 amide bonds. The molecule has 2 aromatic carbocycles. The molecule has 0 aliphatic carbocycles. The van der Waals surface area contributed by atoms with Crippen LogP contribution in [0.5, 0.6) is 11.5 Å². The maximum absolute atomic E-state index is 12.3. The number of hydrogen-bond donors (Lipinski definition) is 1. The van der Waals surface area contributed by atoms with Crippen LogP contribution in [0.15, 0.2) is 42.5 Å². The molecule has 1 atom stereocenters. The lowest BCUT2D eigenvalue weighted by Crippen LogP contribution is -2.31. The number of tetrazole rings is 1. The molecular weight excluding hydrogens is 390 g/mol. The van der Waals surface area contributed by atoms with Crippen LogP contribution in [0, 0.1) is 6.92 Å². The van der Waals surface area contributed by atoms with Crippen molar-refractivity contribution >= 4 is 17.6 Å². The number of nitrogens with one attached hydrogen (secondary N) is 1. The number of hydrogen-bond acceptors (Lipinski definition) is 8. The first-order valence-electron chi connectivity index (χ1n) is 9.23. The summed E-state index contributed by atoms with van der Waals surface area (Å²) in [6, 6.07) is 12.6. The van der Waals surface area contributed by atoms with Crippen molar-refractivity contribution in [2.75, 3.05) is 12.1 Å². The van der Waals surface area contributed by atoms with Gasteiger partial charge in [0.1, 0.15) is 0 Å². The lowest BCUT2D eigenvalue weighted by molar-refractivity contribution is -0.154. The molecule has 30 heavy (non-hydrogen) atoms. The number of nitrogens with zero attached hydrogens (tertiary/aromatic N) is 4. The fourth-order valence-corrected chi connectivity index (χ4v) is 2.75. The second kappa shape index (κ2) is 8.19. The highest BCUT2D eigenvalue weighted by molar-refractivity contribution is 5.95. The normalized spacial score (nSPS) is 13.0. The van der Waals surface area contributed by atoms with Crippen LogP contribution in [-0.2, 0) is 20.9 Å². The number of amides is 1. The molecule has 0 saturated carbocycles. The maximum Gasteiger partial charge on any atom is 0.330 e. The molecule has 0 radical (unpaired) electrons. The number of ether oxygens (including phenoxy) is 3. The third-order valence-electron chi connectivity index (χ3n) is 4.35. The number of aryl methyl sites for hydroxylation is 1. The van der Waals surface area contributed by atoms with Gasteiger partial charge in [-0.15, -0.1) is 10.2 Å². The Morgan fingerprint density at radius 1 is 1.17 bits per heavy atom. The minimum Gasteiger partial charge on any atom is -0.454 e. The van der Waals surface area contributed by atoms with Crippen molar-refractivity contribution < 1.29 is 23.8 Å².